The van der Waals surface area contributed by atoms with Gasteiger partial charge < -0.3 is 15.2 Å². The van der Waals surface area contributed by atoms with Crippen LogP contribution in [0.3, 0.4) is 0 Å². The first-order valence-corrected chi connectivity index (χ1v) is 6.19. The molecular formula is C12H23NO3. The Morgan fingerprint density at radius 1 is 1.31 bits per heavy atom. The topological polar surface area (TPSA) is 58.6 Å². The summed E-state index contributed by atoms with van der Waals surface area (Å²) >= 11 is 0. The van der Waals surface area contributed by atoms with Gasteiger partial charge in [-0.15, -0.1) is 0 Å². The average molecular weight is 229 g/mol. The molecule has 0 aromatic heterocycles. The molecule has 1 rings (SSSR count). The van der Waals surface area contributed by atoms with Crippen LogP contribution in [0.25, 0.3) is 0 Å². The van der Waals surface area contributed by atoms with Gasteiger partial charge in [0.2, 0.25) is 0 Å². The van der Waals surface area contributed by atoms with E-state index in [4.69, 9.17) is 4.74 Å². The van der Waals surface area contributed by atoms with Crippen LogP contribution in [0.5, 0.6) is 0 Å². The van der Waals surface area contributed by atoms with Crippen molar-refractivity contribution in [1.82, 2.24) is 5.32 Å². The first kappa shape index (κ1) is 13.5. The van der Waals surface area contributed by atoms with Crippen molar-refractivity contribution >= 4 is 5.97 Å². The summed E-state index contributed by atoms with van der Waals surface area (Å²) in [5.74, 6) is -0.688. The fourth-order valence-corrected chi connectivity index (χ4v) is 2.34. The summed E-state index contributed by atoms with van der Waals surface area (Å²) in [6, 6.07) is 0. The summed E-state index contributed by atoms with van der Waals surface area (Å²) in [5.41, 5.74) is -0.676. The van der Waals surface area contributed by atoms with Gasteiger partial charge in [0.1, 0.15) is 5.54 Å². The van der Waals surface area contributed by atoms with Crippen molar-refractivity contribution in [1.29, 1.82) is 0 Å². The molecule has 94 valence electrons. The second kappa shape index (κ2) is 6.86. The Bertz CT molecular complexity index is 210. The van der Waals surface area contributed by atoms with Gasteiger partial charge in [-0.2, -0.15) is 0 Å². The molecule has 0 aliphatic heterocycles. The molecule has 1 saturated carbocycles. The molecule has 0 radical (unpaired) electrons. The van der Waals surface area contributed by atoms with Crippen LogP contribution in [0.4, 0.5) is 0 Å². The Labute approximate surface area is 97.4 Å². The molecule has 0 unspecified atom stereocenters. The molecule has 4 heteroatoms. The summed E-state index contributed by atoms with van der Waals surface area (Å²) in [4.78, 5) is 11.4. The van der Waals surface area contributed by atoms with Crippen molar-refractivity contribution in [3.05, 3.63) is 0 Å². The molecule has 16 heavy (non-hydrogen) atoms. The van der Waals surface area contributed by atoms with Crippen molar-refractivity contribution in [3.63, 3.8) is 0 Å². The van der Waals surface area contributed by atoms with Crippen molar-refractivity contribution in [2.24, 2.45) is 0 Å². The Morgan fingerprint density at radius 3 is 2.44 bits per heavy atom. The average Bonchev–Trinajstić information content (AvgIpc) is 2.51. The van der Waals surface area contributed by atoms with E-state index in [1.165, 1.54) is 0 Å². The zero-order valence-electron chi connectivity index (χ0n) is 10.1. The van der Waals surface area contributed by atoms with Gasteiger partial charge in [0.25, 0.3) is 0 Å². The number of carboxylic acids is 1. The number of hydrogen-bond acceptors (Lipinski definition) is 3. The molecule has 0 heterocycles. The maximum absolute atomic E-state index is 11.4. The number of methoxy groups -OCH3 is 1. The quantitative estimate of drug-likeness (QED) is 0.538. The minimum absolute atomic E-state index is 0.676. The van der Waals surface area contributed by atoms with Gasteiger partial charge in [0, 0.05) is 13.7 Å². The van der Waals surface area contributed by atoms with Crippen LogP contribution < -0.4 is 5.32 Å². The van der Waals surface area contributed by atoms with Gasteiger partial charge in [-0.05, 0) is 25.8 Å². The van der Waals surface area contributed by atoms with E-state index in [0.29, 0.717) is 6.61 Å². The Hall–Kier alpha value is -0.610. The second-order valence-electron chi connectivity index (χ2n) is 4.57. The maximum Gasteiger partial charge on any atom is 0.323 e. The number of ether oxygens (including phenoxy) is 1. The summed E-state index contributed by atoms with van der Waals surface area (Å²) < 4.78 is 4.96. The number of hydrogen-bond donors (Lipinski definition) is 2. The van der Waals surface area contributed by atoms with Crippen molar-refractivity contribution in [2.45, 2.75) is 50.5 Å². The lowest BCUT2D eigenvalue weighted by Gasteiger charge is -2.29. The van der Waals surface area contributed by atoms with Crippen LogP contribution in [0, 0.1) is 0 Å². The fourth-order valence-electron chi connectivity index (χ4n) is 2.34. The zero-order chi connectivity index (χ0) is 11.9. The maximum atomic E-state index is 11.4. The van der Waals surface area contributed by atoms with Gasteiger partial charge in [-0.1, -0.05) is 25.7 Å². The van der Waals surface area contributed by atoms with Crippen LogP contribution >= 0.6 is 0 Å². The lowest BCUT2D eigenvalue weighted by atomic mass is 9.90. The molecule has 0 spiro atoms. The Kier molecular flexibility index (Phi) is 5.77. The van der Waals surface area contributed by atoms with Crippen molar-refractivity contribution in [3.8, 4) is 0 Å². The van der Waals surface area contributed by atoms with E-state index in [1.807, 2.05) is 0 Å². The number of aliphatic carboxylic acids is 1. The van der Waals surface area contributed by atoms with Gasteiger partial charge in [-0.3, -0.25) is 4.79 Å². The molecule has 0 saturated heterocycles. The number of carboxylic acid groups (broad SMARTS) is 1. The number of carbonyl (C=O) groups is 1. The van der Waals surface area contributed by atoms with E-state index in [1.54, 1.807) is 7.11 Å². The first-order valence-electron chi connectivity index (χ1n) is 6.19. The third kappa shape index (κ3) is 3.76. The smallest absolute Gasteiger partial charge is 0.323 e. The summed E-state index contributed by atoms with van der Waals surface area (Å²) in [7, 11) is 1.67. The monoisotopic (exact) mass is 229 g/mol. The fraction of sp³-hybridized carbons (Fsp3) is 0.917. The van der Waals surface area contributed by atoms with E-state index in [0.717, 1.165) is 51.5 Å². The Morgan fingerprint density at radius 2 is 1.94 bits per heavy atom. The van der Waals surface area contributed by atoms with E-state index in [9.17, 15) is 9.90 Å². The standard InChI is InChI=1S/C12H23NO3/c1-16-10-6-9-13-12(11(14)15)7-4-2-3-5-8-12/h13H,2-10H2,1H3,(H,14,15). The summed E-state index contributed by atoms with van der Waals surface area (Å²) in [5, 5.41) is 12.6. The number of rotatable bonds is 6. The predicted octanol–water partition coefficient (Wildman–Crippen LogP) is 1.79. The third-order valence-electron chi connectivity index (χ3n) is 3.36. The van der Waals surface area contributed by atoms with Gasteiger partial charge in [0.15, 0.2) is 0 Å². The highest BCUT2D eigenvalue weighted by atomic mass is 16.5. The van der Waals surface area contributed by atoms with Crippen LogP contribution in [0.15, 0.2) is 0 Å². The van der Waals surface area contributed by atoms with E-state index < -0.39 is 11.5 Å². The highest BCUT2D eigenvalue weighted by Gasteiger charge is 2.37. The molecule has 4 nitrogen and oxygen atoms in total. The molecule has 0 atom stereocenters. The van der Waals surface area contributed by atoms with Gasteiger partial charge in [-0.25, -0.2) is 0 Å². The zero-order valence-corrected chi connectivity index (χ0v) is 10.1. The normalized spacial score (nSPS) is 20.3. The van der Waals surface area contributed by atoms with Gasteiger partial charge >= 0.3 is 5.97 Å². The van der Waals surface area contributed by atoms with E-state index >= 15 is 0 Å². The lowest BCUT2D eigenvalue weighted by Crippen LogP contribution is -2.52. The summed E-state index contributed by atoms with van der Waals surface area (Å²) in [6.45, 7) is 1.41. The predicted molar refractivity (Wildman–Crippen MR) is 62.6 cm³/mol. The highest BCUT2D eigenvalue weighted by molar-refractivity contribution is 5.78. The molecule has 1 aliphatic carbocycles. The minimum Gasteiger partial charge on any atom is -0.480 e. The van der Waals surface area contributed by atoms with Crippen LogP contribution in [0.1, 0.15) is 44.9 Å². The molecule has 0 amide bonds. The van der Waals surface area contributed by atoms with E-state index in [-0.39, 0.29) is 0 Å². The molecule has 1 fully saturated rings. The second-order valence-corrected chi connectivity index (χ2v) is 4.57. The lowest BCUT2D eigenvalue weighted by molar-refractivity contribution is -0.145. The number of nitrogens with one attached hydrogen (secondary N) is 1. The SMILES string of the molecule is COCCCNC1(C(=O)O)CCCCCC1. The highest BCUT2D eigenvalue weighted by Crippen LogP contribution is 2.27. The molecule has 0 aromatic carbocycles. The Balaban J connectivity index is 2.46. The molecule has 2 N–H and O–H groups in total. The minimum atomic E-state index is -0.688. The first-order chi connectivity index (χ1) is 7.71. The van der Waals surface area contributed by atoms with Crippen molar-refractivity contribution in [2.75, 3.05) is 20.3 Å². The molecular weight excluding hydrogens is 206 g/mol. The van der Waals surface area contributed by atoms with Crippen LogP contribution in [-0.4, -0.2) is 36.9 Å². The van der Waals surface area contributed by atoms with Crippen LogP contribution in [-0.2, 0) is 9.53 Å². The van der Waals surface area contributed by atoms with Crippen LogP contribution in [0.2, 0.25) is 0 Å². The van der Waals surface area contributed by atoms with E-state index in [2.05, 4.69) is 5.32 Å². The van der Waals surface area contributed by atoms with Crippen molar-refractivity contribution < 1.29 is 14.6 Å². The summed E-state index contributed by atoms with van der Waals surface area (Å²) in [6.07, 6.45) is 6.74. The largest absolute Gasteiger partial charge is 0.480 e. The molecule has 1 aliphatic rings. The third-order valence-corrected chi connectivity index (χ3v) is 3.36. The van der Waals surface area contributed by atoms with Gasteiger partial charge in [0.05, 0.1) is 0 Å². The molecule has 0 bridgehead atoms. The molecule has 0 aromatic rings.